The van der Waals surface area contributed by atoms with Crippen LogP contribution in [0, 0.1) is 19.8 Å². The van der Waals surface area contributed by atoms with Gasteiger partial charge in [-0.1, -0.05) is 38.0 Å². The van der Waals surface area contributed by atoms with Crippen molar-refractivity contribution < 1.29 is 9.59 Å². The molecule has 144 valence electrons. The molecule has 0 aromatic heterocycles. The molecule has 1 aromatic rings. The third-order valence-corrected chi connectivity index (χ3v) is 5.62. The monoisotopic (exact) mass is 359 g/mol. The number of aryl methyl sites for hydroxylation is 2. The van der Waals surface area contributed by atoms with Crippen molar-refractivity contribution in [2.75, 3.05) is 18.9 Å². The Hall–Kier alpha value is -1.88. The summed E-state index contributed by atoms with van der Waals surface area (Å²) in [5, 5.41) is 6.16. The number of amides is 2. The molecule has 0 heterocycles. The fraction of sp³-hybridized carbons (Fsp3) is 0.619. The van der Waals surface area contributed by atoms with Gasteiger partial charge in [-0.05, 0) is 57.7 Å². The average Bonchev–Trinajstić information content (AvgIpc) is 2.59. The van der Waals surface area contributed by atoms with Gasteiger partial charge in [0.15, 0.2) is 0 Å². The Morgan fingerprint density at radius 2 is 1.81 bits per heavy atom. The van der Waals surface area contributed by atoms with Crippen molar-refractivity contribution in [3.05, 3.63) is 29.3 Å². The van der Waals surface area contributed by atoms with Crippen LogP contribution in [0.15, 0.2) is 18.2 Å². The van der Waals surface area contributed by atoms with Gasteiger partial charge in [0.05, 0.1) is 12.6 Å². The number of rotatable bonds is 6. The summed E-state index contributed by atoms with van der Waals surface area (Å²) in [5.74, 6) is 0.430. The Labute approximate surface area is 157 Å². The standard InChI is InChI=1S/C21H33N3O2/c1-14-9-6-7-12-18(14)22-21(26)17(4)24(5)13-19(25)23-20-15(2)10-8-11-16(20)3/h8,10-11,14,17-18H,6-7,9,12-13H2,1-5H3,(H,22,26)(H,23,25)/t14-,17+,18+/m0/s1. The number of anilines is 1. The van der Waals surface area contributed by atoms with Crippen molar-refractivity contribution in [2.45, 2.75) is 65.5 Å². The maximum atomic E-state index is 12.6. The fourth-order valence-electron chi connectivity index (χ4n) is 3.59. The van der Waals surface area contributed by atoms with Crippen molar-refractivity contribution in [2.24, 2.45) is 5.92 Å². The van der Waals surface area contributed by atoms with Crippen LogP contribution < -0.4 is 10.6 Å². The molecule has 26 heavy (non-hydrogen) atoms. The molecule has 2 amide bonds. The molecule has 2 rings (SSSR count). The molecule has 0 spiro atoms. The Kier molecular flexibility index (Phi) is 7.21. The summed E-state index contributed by atoms with van der Waals surface area (Å²) in [5.41, 5.74) is 2.94. The van der Waals surface area contributed by atoms with Crippen LogP contribution in [0.2, 0.25) is 0 Å². The van der Waals surface area contributed by atoms with Crippen LogP contribution in [-0.4, -0.2) is 42.4 Å². The number of carbonyl (C=O) groups excluding carboxylic acids is 2. The second-order valence-corrected chi connectivity index (χ2v) is 7.78. The van der Waals surface area contributed by atoms with E-state index in [2.05, 4.69) is 17.6 Å². The predicted octanol–water partition coefficient (Wildman–Crippen LogP) is 3.26. The molecule has 1 saturated carbocycles. The number of likely N-dealkylation sites (N-methyl/N-ethyl adjacent to an activating group) is 1. The molecule has 1 fully saturated rings. The lowest BCUT2D eigenvalue weighted by Gasteiger charge is -2.32. The van der Waals surface area contributed by atoms with Crippen LogP contribution in [0.3, 0.4) is 0 Å². The van der Waals surface area contributed by atoms with Gasteiger partial charge in [-0.3, -0.25) is 14.5 Å². The highest BCUT2D eigenvalue weighted by atomic mass is 16.2. The Balaban J connectivity index is 1.88. The van der Waals surface area contributed by atoms with E-state index in [0.29, 0.717) is 5.92 Å². The third kappa shape index (κ3) is 5.31. The minimum atomic E-state index is -0.340. The predicted molar refractivity (Wildman–Crippen MR) is 106 cm³/mol. The molecule has 5 nitrogen and oxygen atoms in total. The van der Waals surface area contributed by atoms with Crippen LogP contribution in [0.1, 0.15) is 50.7 Å². The van der Waals surface area contributed by atoms with Gasteiger partial charge < -0.3 is 10.6 Å². The van der Waals surface area contributed by atoms with E-state index in [1.165, 1.54) is 19.3 Å². The quantitative estimate of drug-likeness (QED) is 0.819. The fourth-order valence-corrected chi connectivity index (χ4v) is 3.59. The van der Waals surface area contributed by atoms with E-state index in [0.717, 1.165) is 23.2 Å². The molecule has 1 aliphatic rings. The molecule has 0 bridgehead atoms. The molecule has 1 aromatic carbocycles. The second-order valence-electron chi connectivity index (χ2n) is 7.78. The van der Waals surface area contributed by atoms with Crippen LogP contribution in [-0.2, 0) is 9.59 Å². The first kappa shape index (κ1) is 20.4. The number of para-hydroxylation sites is 1. The first-order valence-corrected chi connectivity index (χ1v) is 9.66. The van der Waals surface area contributed by atoms with E-state index < -0.39 is 0 Å². The first-order valence-electron chi connectivity index (χ1n) is 9.66. The van der Waals surface area contributed by atoms with E-state index in [1.54, 1.807) is 4.90 Å². The Morgan fingerprint density at radius 1 is 1.19 bits per heavy atom. The molecule has 2 N–H and O–H groups in total. The number of hydrogen-bond donors (Lipinski definition) is 2. The lowest BCUT2D eigenvalue weighted by Crippen LogP contribution is -2.50. The van der Waals surface area contributed by atoms with Gasteiger partial charge in [0.25, 0.3) is 0 Å². The molecular formula is C21H33N3O2. The number of benzene rings is 1. The lowest BCUT2D eigenvalue weighted by atomic mass is 9.86. The summed E-state index contributed by atoms with van der Waals surface area (Å²) in [6.45, 7) is 8.20. The van der Waals surface area contributed by atoms with Crippen molar-refractivity contribution in [3.8, 4) is 0 Å². The summed E-state index contributed by atoms with van der Waals surface area (Å²) >= 11 is 0. The zero-order valence-corrected chi connectivity index (χ0v) is 16.8. The number of nitrogens with zero attached hydrogens (tertiary/aromatic N) is 1. The smallest absolute Gasteiger partial charge is 0.238 e. The van der Waals surface area contributed by atoms with Crippen LogP contribution in [0.25, 0.3) is 0 Å². The summed E-state index contributed by atoms with van der Waals surface area (Å²) in [6, 6.07) is 5.86. The van der Waals surface area contributed by atoms with Gasteiger partial charge in [-0.2, -0.15) is 0 Å². The molecule has 0 aliphatic heterocycles. The van der Waals surface area contributed by atoms with Crippen molar-refractivity contribution in [3.63, 3.8) is 0 Å². The van der Waals surface area contributed by atoms with E-state index in [-0.39, 0.29) is 30.4 Å². The van der Waals surface area contributed by atoms with Crippen molar-refractivity contribution in [1.82, 2.24) is 10.2 Å². The van der Waals surface area contributed by atoms with Gasteiger partial charge in [0.1, 0.15) is 0 Å². The normalized spacial score (nSPS) is 21.3. The van der Waals surface area contributed by atoms with Gasteiger partial charge in [0.2, 0.25) is 11.8 Å². The first-order chi connectivity index (χ1) is 12.3. The molecule has 5 heteroatoms. The Bertz CT molecular complexity index is 624. The minimum Gasteiger partial charge on any atom is -0.352 e. The largest absolute Gasteiger partial charge is 0.352 e. The summed E-state index contributed by atoms with van der Waals surface area (Å²) in [6.07, 6.45) is 4.66. The molecule has 0 saturated heterocycles. The number of carbonyl (C=O) groups is 2. The number of hydrogen-bond acceptors (Lipinski definition) is 3. The molecule has 3 atom stereocenters. The summed E-state index contributed by atoms with van der Waals surface area (Å²) in [7, 11) is 1.82. The van der Waals surface area contributed by atoms with Crippen LogP contribution in [0.5, 0.6) is 0 Å². The maximum absolute atomic E-state index is 12.6. The molecule has 1 aliphatic carbocycles. The SMILES string of the molecule is Cc1cccc(C)c1NC(=O)CN(C)[C@H](C)C(=O)N[C@@H]1CCCC[C@@H]1C. The highest BCUT2D eigenvalue weighted by molar-refractivity contribution is 5.94. The second kappa shape index (κ2) is 9.17. The lowest BCUT2D eigenvalue weighted by molar-refractivity contribution is -0.127. The van der Waals surface area contributed by atoms with E-state index in [4.69, 9.17) is 0 Å². The van der Waals surface area contributed by atoms with Gasteiger partial charge in [-0.15, -0.1) is 0 Å². The summed E-state index contributed by atoms with van der Waals surface area (Å²) < 4.78 is 0. The van der Waals surface area contributed by atoms with Gasteiger partial charge in [0, 0.05) is 11.7 Å². The van der Waals surface area contributed by atoms with Crippen molar-refractivity contribution >= 4 is 17.5 Å². The molecule has 0 radical (unpaired) electrons. The van der Waals surface area contributed by atoms with E-state index in [9.17, 15) is 9.59 Å². The van der Waals surface area contributed by atoms with Gasteiger partial charge in [-0.25, -0.2) is 0 Å². The zero-order valence-electron chi connectivity index (χ0n) is 16.8. The Morgan fingerprint density at radius 3 is 2.42 bits per heavy atom. The van der Waals surface area contributed by atoms with E-state index >= 15 is 0 Å². The molecular weight excluding hydrogens is 326 g/mol. The van der Waals surface area contributed by atoms with Crippen LogP contribution >= 0.6 is 0 Å². The van der Waals surface area contributed by atoms with Gasteiger partial charge >= 0.3 is 0 Å². The molecule has 0 unspecified atom stereocenters. The minimum absolute atomic E-state index is 0.00567. The van der Waals surface area contributed by atoms with E-state index in [1.807, 2.05) is 46.0 Å². The summed E-state index contributed by atoms with van der Waals surface area (Å²) in [4.78, 5) is 26.8. The highest BCUT2D eigenvalue weighted by Crippen LogP contribution is 2.24. The van der Waals surface area contributed by atoms with Crippen LogP contribution in [0.4, 0.5) is 5.69 Å². The topological polar surface area (TPSA) is 61.4 Å². The zero-order chi connectivity index (χ0) is 19.3. The van der Waals surface area contributed by atoms with Crippen molar-refractivity contribution in [1.29, 1.82) is 0 Å². The maximum Gasteiger partial charge on any atom is 0.238 e. The highest BCUT2D eigenvalue weighted by Gasteiger charge is 2.27. The third-order valence-electron chi connectivity index (χ3n) is 5.62. The number of nitrogens with one attached hydrogen (secondary N) is 2. The average molecular weight is 360 g/mol.